The Labute approximate surface area is 278 Å². The number of rotatable bonds is 3. The number of aromatic nitrogens is 4. The number of fused-ring (bicyclic) bond motifs is 9. The Morgan fingerprint density at radius 3 is 1.78 bits per heavy atom. The first-order chi connectivity index (χ1) is 28.2. The standard InChI is InChI=1S/C41H26N4/c1-2-13-27(14-3-1)43-36-22-11-7-18-31(36)41-37(43)23-12-24-38(41)44-33-19-8-6-17-30(33)32-26-42-40(25-39(32)44)45-34-20-9-4-15-28(34)29-16-5-10-21-35(29)45/h1-26H/i4D,5D,6D,8D,9D,10D,15D,16D,17D,19D,20D,21D,25D,26D. The summed E-state index contributed by atoms with van der Waals surface area (Å²) in [6.07, 6.45) is -0.546. The molecular weight excluding hydrogens is 548 g/mol. The highest BCUT2D eigenvalue weighted by Gasteiger charge is 2.21. The van der Waals surface area contributed by atoms with Gasteiger partial charge in [-0.25, -0.2) is 4.98 Å². The van der Waals surface area contributed by atoms with Crippen LogP contribution in [0, 0.1) is 0 Å². The lowest BCUT2D eigenvalue weighted by Gasteiger charge is -2.12. The largest absolute Gasteiger partial charge is 0.309 e. The van der Waals surface area contributed by atoms with Crippen LogP contribution in [-0.4, -0.2) is 18.7 Å². The van der Waals surface area contributed by atoms with Gasteiger partial charge in [-0.1, -0.05) is 96.8 Å². The maximum absolute atomic E-state index is 9.99. The van der Waals surface area contributed by atoms with Gasteiger partial charge in [0, 0.05) is 50.2 Å². The van der Waals surface area contributed by atoms with E-state index in [0.29, 0.717) is 11.1 Å². The zero-order valence-electron chi connectivity index (χ0n) is 37.2. The van der Waals surface area contributed by atoms with E-state index in [2.05, 4.69) is 9.55 Å². The molecule has 0 bridgehead atoms. The van der Waals surface area contributed by atoms with Crippen LogP contribution in [0.5, 0.6) is 0 Å². The minimum absolute atomic E-state index is 0.0398. The Morgan fingerprint density at radius 1 is 0.444 bits per heavy atom. The van der Waals surface area contributed by atoms with Crippen molar-refractivity contribution in [3.05, 3.63) is 158 Å². The second-order valence-electron chi connectivity index (χ2n) is 10.6. The minimum atomic E-state index is -0.667. The van der Waals surface area contributed by atoms with Gasteiger partial charge in [-0.15, -0.1) is 0 Å². The van der Waals surface area contributed by atoms with Crippen molar-refractivity contribution in [3.8, 4) is 17.2 Å². The monoisotopic (exact) mass is 588 g/mol. The Bertz CT molecular complexity index is 3480. The second-order valence-corrected chi connectivity index (χ2v) is 10.6. The molecule has 10 rings (SSSR count). The maximum atomic E-state index is 9.99. The van der Waals surface area contributed by atoms with E-state index >= 15 is 0 Å². The molecule has 4 nitrogen and oxygen atoms in total. The van der Waals surface area contributed by atoms with Crippen LogP contribution in [0.2, 0.25) is 0 Å². The van der Waals surface area contributed by atoms with Crippen molar-refractivity contribution in [2.75, 3.05) is 0 Å². The fourth-order valence-corrected chi connectivity index (χ4v) is 6.49. The van der Waals surface area contributed by atoms with Crippen LogP contribution < -0.4 is 0 Å². The third kappa shape index (κ3) is 3.34. The maximum Gasteiger partial charge on any atom is 0.139 e. The smallest absolute Gasteiger partial charge is 0.139 e. The SMILES string of the molecule is [2H]c1c([2H])c([2H])c2c(c1[2H])c1c([2H])c([2H])c([2H])c([2H])c1n2-c1nc([2H])c2c3c([2H])c([2H])c([2H])c([2H])c3n(-c3cccc4c3c3ccccc3n4-c3ccccc3)c2c1[2H]. The lowest BCUT2D eigenvalue weighted by atomic mass is 10.1. The van der Waals surface area contributed by atoms with Crippen molar-refractivity contribution in [2.24, 2.45) is 0 Å². The van der Waals surface area contributed by atoms with Gasteiger partial charge in [0.1, 0.15) is 5.82 Å². The van der Waals surface area contributed by atoms with Gasteiger partial charge in [0.15, 0.2) is 0 Å². The molecule has 210 valence electrons. The molecule has 0 spiro atoms. The van der Waals surface area contributed by atoms with Crippen LogP contribution in [0.4, 0.5) is 0 Å². The number of para-hydroxylation sites is 5. The van der Waals surface area contributed by atoms with Gasteiger partial charge in [0.25, 0.3) is 0 Å². The first kappa shape index (κ1) is 14.6. The molecule has 0 N–H and O–H groups in total. The van der Waals surface area contributed by atoms with Crippen LogP contribution in [0.15, 0.2) is 158 Å². The zero-order chi connectivity index (χ0) is 41.7. The normalized spacial score (nSPS) is 16.4. The molecule has 0 saturated carbocycles. The molecule has 6 aromatic carbocycles. The molecule has 0 saturated heterocycles. The Kier molecular flexibility index (Phi) is 2.97. The summed E-state index contributed by atoms with van der Waals surface area (Å²) in [7, 11) is 0. The molecule has 4 heterocycles. The molecule has 0 radical (unpaired) electrons. The van der Waals surface area contributed by atoms with E-state index < -0.39 is 90.5 Å². The summed E-state index contributed by atoms with van der Waals surface area (Å²) in [4.78, 5) is 4.49. The molecule has 0 aliphatic heterocycles. The molecule has 4 aromatic heterocycles. The van der Waals surface area contributed by atoms with Crippen molar-refractivity contribution >= 4 is 65.4 Å². The van der Waals surface area contributed by atoms with Crippen molar-refractivity contribution in [3.63, 3.8) is 0 Å². The first-order valence-corrected chi connectivity index (χ1v) is 14.2. The number of nitrogens with zero attached hydrogens (tertiary/aromatic N) is 4. The summed E-state index contributed by atoms with van der Waals surface area (Å²) in [5, 5.41) is 0.808. The van der Waals surface area contributed by atoms with E-state index in [0.717, 1.165) is 26.7 Å². The molecule has 0 atom stereocenters. The fourth-order valence-electron chi connectivity index (χ4n) is 6.49. The van der Waals surface area contributed by atoms with Crippen LogP contribution in [0.1, 0.15) is 19.2 Å². The van der Waals surface area contributed by atoms with Gasteiger partial charge in [-0.05, 0) is 48.5 Å². The molecule has 0 unspecified atom stereocenters. The lowest BCUT2D eigenvalue weighted by Crippen LogP contribution is -2.00. The van der Waals surface area contributed by atoms with E-state index in [1.54, 1.807) is 12.1 Å². The van der Waals surface area contributed by atoms with E-state index in [4.69, 9.17) is 15.1 Å². The predicted molar refractivity (Wildman–Crippen MR) is 187 cm³/mol. The lowest BCUT2D eigenvalue weighted by molar-refractivity contribution is 1.08. The van der Waals surface area contributed by atoms with Crippen molar-refractivity contribution in [1.29, 1.82) is 0 Å². The van der Waals surface area contributed by atoms with Gasteiger partial charge in [0.05, 0.1) is 58.0 Å². The molecule has 0 aliphatic rings. The number of hydrogen-bond donors (Lipinski definition) is 0. The third-order valence-electron chi connectivity index (χ3n) is 8.28. The summed E-state index contributed by atoms with van der Waals surface area (Å²) in [5.74, 6) is -0.421. The highest BCUT2D eigenvalue weighted by atomic mass is 15.1. The van der Waals surface area contributed by atoms with E-state index in [9.17, 15) is 4.11 Å². The third-order valence-corrected chi connectivity index (χ3v) is 8.28. The first-order valence-electron chi connectivity index (χ1n) is 21.2. The number of hydrogen-bond acceptors (Lipinski definition) is 1. The molecule has 10 aromatic rings. The molecule has 0 amide bonds. The summed E-state index contributed by atoms with van der Waals surface area (Å²) < 4.78 is 130. The topological polar surface area (TPSA) is 27.7 Å². The van der Waals surface area contributed by atoms with Crippen LogP contribution >= 0.6 is 0 Å². The molecular formula is C41H26N4. The van der Waals surface area contributed by atoms with E-state index in [1.165, 1.54) is 4.57 Å². The highest BCUT2D eigenvalue weighted by Crippen LogP contribution is 2.40. The van der Waals surface area contributed by atoms with Gasteiger partial charge >= 0.3 is 0 Å². The van der Waals surface area contributed by atoms with Crippen molar-refractivity contribution in [2.45, 2.75) is 0 Å². The molecule has 45 heavy (non-hydrogen) atoms. The van der Waals surface area contributed by atoms with Crippen molar-refractivity contribution in [1.82, 2.24) is 18.7 Å². The highest BCUT2D eigenvalue weighted by molar-refractivity contribution is 6.16. The van der Waals surface area contributed by atoms with E-state index in [1.807, 2.05) is 60.7 Å². The number of benzene rings is 6. The Morgan fingerprint density at radius 2 is 1.04 bits per heavy atom. The second kappa shape index (κ2) is 9.18. The molecule has 0 fully saturated rings. The van der Waals surface area contributed by atoms with Crippen LogP contribution in [0.25, 0.3) is 82.6 Å². The van der Waals surface area contributed by atoms with Gasteiger partial charge < -0.3 is 9.13 Å². The minimum Gasteiger partial charge on any atom is -0.309 e. The number of pyridine rings is 1. The predicted octanol–water partition coefficient (Wildman–Crippen LogP) is 10.4. The molecule has 0 aliphatic carbocycles. The van der Waals surface area contributed by atoms with Gasteiger partial charge in [0.2, 0.25) is 0 Å². The summed E-state index contributed by atoms with van der Waals surface area (Å²) >= 11 is 0. The summed E-state index contributed by atoms with van der Waals surface area (Å²) in [6, 6.07) is 15.2. The van der Waals surface area contributed by atoms with Crippen LogP contribution in [-0.2, 0) is 0 Å². The average Bonchev–Trinajstić information content (AvgIpc) is 3.91. The summed E-state index contributed by atoms with van der Waals surface area (Å²) in [5.41, 5.74) is 2.09. The van der Waals surface area contributed by atoms with Crippen molar-refractivity contribution < 1.29 is 19.2 Å². The quantitative estimate of drug-likeness (QED) is 0.202. The zero-order valence-corrected chi connectivity index (χ0v) is 23.2. The molecule has 4 heteroatoms. The van der Waals surface area contributed by atoms with Crippen LogP contribution in [0.3, 0.4) is 0 Å². The van der Waals surface area contributed by atoms with E-state index in [-0.39, 0.29) is 43.6 Å². The average molecular weight is 589 g/mol. The Balaban J connectivity index is 1.47. The van der Waals surface area contributed by atoms with Gasteiger partial charge in [-0.2, -0.15) is 0 Å². The summed E-state index contributed by atoms with van der Waals surface area (Å²) in [6.45, 7) is 0. The Hall–Kier alpha value is -6.13. The fraction of sp³-hybridized carbons (Fsp3) is 0. The van der Waals surface area contributed by atoms with Gasteiger partial charge in [-0.3, -0.25) is 4.57 Å².